The molecule has 0 aromatic heterocycles. The molecule has 0 radical (unpaired) electrons. The Balaban J connectivity index is 0.00000341. The fraction of sp³-hybridized carbons (Fsp3) is 0.708. The molecule has 2 saturated heterocycles. The zero-order valence-corrected chi connectivity index (χ0v) is 22.2. The number of hydrogen-bond acceptors (Lipinski definition) is 4. The summed E-state index contributed by atoms with van der Waals surface area (Å²) in [4.78, 5) is 9.52. The maximum absolute atomic E-state index is 5.49. The molecule has 2 aliphatic rings. The van der Waals surface area contributed by atoms with E-state index < -0.39 is 0 Å². The van der Waals surface area contributed by atoms with Gasteiger partial charge in [0.15, 0.2) is 5.96 Å². The Bertz CT molecular complexity index is 665. The molecule has 0 amide bonds. The molecule has 2 aliphatic heterocycles. The molecular formula is C24H42IN5O. The predicted molar refractivity (Wildman–Crippen MR) is 140 cm³/mol. The molecule has 7 heteroatoms. The number of ether oxygens (including phenoxy) is 1. The van der Waals surface area contributed by atoms with Gasteiger partial charge in [0.25, 0.3) is 0 Å². The van der Waals surface area contributed by atoms with Gasteiger partial charge in [-0.15, -0.1) is 24.0 Å². The van der Waals surface area contributed by atoms with Crippen LogP contribution >= 0.6 is 24.0 Å². The van der Waals surface area contributed by atoms with Crippen molar-refractivity contribution in [2.45, 2.75) is 45.7 Å². The van der Waals surface area contributed by atoms with Crippen LogP contribution in [0.5, 0.6) is 0 Å². The molecule has 1 aromatic rings. The highest BCUT2D eigenvalue weighted by Crippen LogP contribution is 2.19. The van der Waals surface area contributed by atoms with Crippen molar-refractivity contribution in [2.24, 2.45) is 10.9 Å². The maximum atomic E-state index is 5.49. The molecule has 0 saturated carbocycles. The third-order valence-corrected chi connectivity index (χ3v) is 6.57. The lowest BCUT2D eigenvalue weighted by Gasteiger charge is -2.41. The van der Waals surface area contributed by atoms with Crippen molar-refractivity contribution in [1.29, 1.82) is 0 Å². The monoisotopic (exact) mass is 543 g/mol. The van der Waals surface area contributed by atoms with Gasteiger partial charge in [0.2, 0.25) is 0 Å². The summed E-state index contributed by atoms with van der Waals surface area (Å²) in [6.07, 6.45) is 2.49. The smallest absolute Gasteiger partial charge is 0.191 e. The van der Waals surface area contributed by atoms with Gasteiger partial charge < -0.3 is 15.4 Å². The molecule has 0 unspecified atom stereocenters. The summed E-state index contributed by atoms with van der Waals surface area (Å²) in [5.41, 5.74) is 2.84. The lowest BCUT2D eigenvalue weighted by Crippen LogP contribution is -2.56. The van der Waals surface area contributed by atoms with Crippen molar-refractivity contribution in [3.8, 4) is 0 Å². The minimum atomic E-state index is 0. The molecule has 0 spiro atoms. The van der Waals surface area contributed by atoms with Crippen LogP contribution in [-0.2, 0) is 11.3 Å². The number of nitrogens with one attached hydrogen (secondary N) is 2. The van der Waals surface area contributed by atoms with Crippen LogP contribution in [0.1, 0.15) is 37.8 Å². The predicted octanol–water partition coefficient (Wildman–Crippen LogP) is 3.10. The first kappa shape index (κ1) is 26.4. The molecule has 2 fully saturated rings. The summed E-state index contributed by atoms with van der Waals surface area (Å²) in [5, 5.41) is 7.10. The van der Waals surface area contributed by atoms with Crippen LogP contribution in [0.15, 0.2) is 29.3 Å². The number of halogens is 1. The van der Waals surface area contributed by atoms with Crippen LogP contribution in [0, 0.1) is 12.8 Å². The Morgan fingerprint density at radius 3 is 2.32 bits per heavy atom. The van der Waals surface area contributed by atoms with Gasteiger partial charge >= 0.3 is 0 Å². The first-order valence-electron chi connectivity index (χ1n) is 11.5. The second-order valence-corrected chi connectivity index (χ2v) is 9.42. The number of piperidine rings is 1. The lowest BCUT2D eigenvalue weighted by molar-refractivity contribution is -0.00834. The Morgan fingerprint density at radius 1 is 1.06 bits per heavy atom. The summed E-state index contributed by atoms with van der Waals surface area (Å²) in [5.74, 6) is 1.63. The molecule has 31 heavy (non-hydrogen) atoms. The number of hydrogen-bond donors (Lipinski definition) is 2. The number of likely N-dealkylation sites (tertiary alicyclic amines) is 1. The number of benzene rings is 1. The van der Waals surface area contributed by atoms with Crippen LogP contribution < -0.4 is 10.6 Å². The van der Waals surface area contributed by atoms with Gasteiger partial charge in [-0.2, -0.15) is 0 Å². The average molecular weight is 544 g/mol. The zero-order valence-electron chi connectivity index (χ0n) is 19.8. The quantitative estimate of drug-likeness (QED) is 0.315. The summed E-state index contributed by atoms with van der Waals surface area (Å²) >= 11 is 0. The summed E-state index contributed by atoms with van der Waals surface area (Å²) in [6.45, 7) is 15.7. The molecule has 0 aliphatic carbocycles. The van der Waals surface area contributed by atoms with E-state index in [0.29, 0.717) is 5.92 Å². The van der Waals surface area contributed by atoms with E-state index in [4.69, 9.17) is 4.74 Å². The molecule has 0 atom stereocenters. The fourth-order valence-electron chi connectivity index (χ4n) is 4.34. The molecule has 3 rings (SSSR count). The van der Waals surface area contributed by atoms with Crippen molar-refractivity contribution in [1.82, 2.24) is 20.4 Å². The van der Waals surface area contributed by atoms with E-state index in [2.05, 4.69) is 70.5 Å². The second kappa shape index (κ2) is 13.0. The highest BCUT2D eigenvalue weighted by Gasteiger charge is 2.28. The first-order valence-corrected chi connectivity index (χ1v) is 11.5. The van der Waals surface area contributed by atoms with E-state index in [1.54, 1.807) is 0 Å². The van der Waals surface area contributed by atoms with E-state index >= 15 is 0 Å². The van der Waals surface area contributed by atoms with E-state index in [-0.39, 0.29) is 29.5 Å². The molecule has 1 aromatic carbocycles. The largest absolute Gasteiger partial charge is 0.379 e. The van der Waals surface area contributed by atoms with Gasteiger partial charge in [0.05, 0.1) is 13.2 Å². The van der Waals surface area contributed by atoms with E-state index in [1.807, 2.05) is 7.05 Å². The second-order valence-electron chi connectivity index (χ2n) is 9.42. The van der Waals surface area contributed by atoms with Gasteiger partial charge in [0, 0.05) is 45.3 Å². The lowest BCUT2D eigenvalue weighted by atomic mass is 9.96. The number of aryl methyl sites for hydroxylation is 1. The van der Waals surface area contributed by atoms with Crippen molar-refractivity contribution in [3.63, 3.8) is 0 Å². The number of guanidine groups is 1. The minimum absolute atomic E-state index is 0. The topological polar surface area (TPSA) is 52.1 Å². The minimum Gasteiger partial charge on any atom is -0.379 e. The molecule has 2 heterocycles. The molecular weight excluding hydrogens is 501 g/mol. The number of morpholine rings is 1. The first-order chi connectivity index (χ1) is 14.5. The van der Waals surface area contributed by atoms with Gasteiger partial charge in [-0.3, -0.25) is 14.8 Å². The van der Waals surface area contributed by atoms with Crippen LogP contribution in [-0.4, -0.2) is 80.8 Å². The third-order valence-electron chi connectivity index (χ3n) is 6.57. The van der Waals surface area contributed by atoms with Crippen molar-refractivity contribution >= 4 is 29.9 Å². The van der Waals surface area contributed by atoms with Gasteiger partial charge in [0.1, 0.15) is 0 Å². The molecule has 0 bridgehead atoms. The molecule has 6 nitrogen and oxygen atoms in total. The highest BCUT2D eigenvalue weighted by atomic mass is 127. The summed E-state index contributed by atoms with van der Waals surface area (Å²) in [6, 6.07) is 8.95. The summed E-state index contributed by atoms with van der Waals surface area (Å²) in [7, 11) is 1.86. The van der Waals surface area contributed by atoms with Gasteiger partial charge in [-0.1, -0.05) is 29.8 Å². The van der Waals surface area contributed by atoms with Crippen LogP contribution in [0.4, 0.5) is 0 Å². The van der Waals surface area contributed by atoms with E-state index in [1.165, 1.54) is 37.1 Å². The van der Waals surface area contributed by atoms with Gasteiger partial charge in [-0.25, -0.2) is 0 Å². The normalized spacial score (nSPS) is 19.7. The van der Waals surface area contributed by atoms with Crippen molar-refractivity contribution < 1.29 is 4.74 Å². The van der Waals surface area contributed by atoms with Crippen molar-refractivity contribution in [3.05, 3.63) is 35.4 Å². The average Bonchev–Trinajstić information content (AvgIpc) is 2.77. The molecule has 176 valence electrons. The Morgan fingerprint density at radius 2 is 1.71 bits per heavy atom. The standard InChI is InChI=1S/C24H41N5O.HI/c1-20-5-7-22(8-6-20)18-28-11-9-21(10-12-28)17-26-23(25-4)27-19-24(2,3)29-13-15-30-16-14-29;/h5-8,21H,9-19H2,1-4H3,(H2,25,26,27);1H. The Hall–Kier alpha value is -0.900. The van der Waals surface area contributed by atoms with Crippen LogP contribution in [0.3, 0.4) is 0 Å². The number of nitrogens with zero attached hydrogens (tertiary/aromatic N) is 3. The Labute approximate surface area is 206 Å². The van der Waals surface area contributed by atoms with E-state index in [0.717, 1.165) is 51.9 Å². The van der Waals surface area contributed by atoms with Gasteiger partial charge in [-0.05, 0) is 58.2 Å². The number of rotatable bonds is 7. The SMILES string of the molecule is CN=C(NCC1CCN(Cc2ccc(C)cc2)CC1)NCC(C)(C)N1CCOCC1.I. The summed E-state index contributed by atoms with van der Waals surface area (Å²) < 4.78 is 5.49. The van der Waals surface area contributed by atoms with Crippen LogP contribution in [0.25, 0.3) is 0 Å². The fourth-order valence-corrected chi connectivity index (χ4v) is 4.34. The highest BCUT2D eigenvalue weighted by molar-refractivity contribution is 14.0. The van der Waals surface area contributed by atoms with Crippen molar-refractivity contribution in [2.75, 3.05) is 59.5 Å². The molecule has 2 N–H and O–H groups in total. The van der Waals surface area contributed by atoms with E-state index in [9.17, 15) is 0 Å². The maximum Gasteiger partial charge on any atom is 0.191 e. The zero-order chi connectivity index (χ0) is 21.4. The third kappa shape index (κ3) is 8.51. The van der Waals surface area contributed by atoms with Crippen LogP contribution in [0.2, 0.25) is 0 Å². The Kier molecular flexibility index (Phi) is 11.0. The number of aliphatic imine (C=N–C) groups is 1.